The average molecular weight is 300 g/mol. The minimum Gasteiger partial charge on any atom is -0.480 e. The van der Waals surface area contributed by atoms with Crippen LogP contribution in [0.25, 0.3) is 0 Å². The number of carboxylic acid groups (broad SMARTS) is 1. The van der Waals surface area contributed by atoms with E-state index < -0.39 is 24.0 Å². The molecule has 120 valence electrons. The summed E-state index contributed by atoms with van der Waals surface area (Å²) in [4.78, 5) is 38.2. The maximum atomic E-state index is 12.6. The van der Waals surface area contributed by atoms with Crippen molar-refractivity contribution in [2.24, 2.45) is 5.92 Å². The molecule has 1 aliphatic heterocycles. The number of nitrogens with zero attached hydrogens (tertiary/aromatic N) is 2. The van der Waals surface area contributed by atoms with E-state index >= 15 is 0 Å². The van der Waals surface area contributed by atoms with Crippen LogP contribution in [0.5, 0.6) is 0 Å². The van der Waals surface area contributed by atoms with E-state index in [9.17, 15) is 19.5 Å². The number of esters is 1. The van der Waals surface area contributed by atoms with Crippen LogP contribution in [0.1, 0.15) is 34.1 Å². The van der Waals surface area contributed by atoms with Gasteiger partial charge in [0.2, 0.25) is 0 Å². The zero-order valence-electron chi connectivity index (χ0n) is 13.0. The normalized spacial score (nSPS) is 21.5. The quantitative estimate of drug-likeness (QED) is 0.770. The highest BCUT2D eigenvalue weighted by molar-refractivity contribution is 5.86. The molecule has 0 aliphatic carbocycles. The van der Waals surface area contributed by atoms with Crippen LogP contribution in [0.15, 0.2) is 0 Å². The fraction of sp³-hybridized carbons (Fsp3) is 0.786. The van der Waals surface area contributed by atoms with Gasteiger partial charge in [0.1, 0.15) is 12.6 Å². The highest BCUT2D eigenvalue weighted by Gasteiger charge is 2.41. The molecule has 1 aliphatic rings. The molecule has 0 aromatic heterocycles. The molecule has 2 atom stereocenters. The molecule has 0 aromatic rings. The largest absolute Gasteiger partial charge is 0.480 e. The molecule has 1 N–H and O–H groups in total. The van der Waals surface area contributed by atoms with E-state index in [4.69, 9.17) is 4.74 Å². The van der Waals surface area contributed by atoms with Crippen LogP contribution in [-0.2, 0) is 14.3 Å². The van der Waals surface area contributed by atoms with Gasteiger partial charge in [-0.15, -0.1) is 0 Å². The van der Waals surface area contributed by atoms with Crippen LogP contribution in [0.4, 0.5) is 4.79 Å². The van der Waals surface area contributed by atoms with Gasteiger partial charge in [-0.25, -0.2) is 9.59 Å². The number of carbonyl (C=O) groups excluding carboxylic acids is 2. The number of urea groups is 1. The number of hydrogen-bond acceptors (Lipinski definition) is 4. The lowest BCUT2D eigenvalue weighted by atomic mass is 10.0. The minimum absolute atomic E-state index is 0.0944. The van der Waals surface area contributed by atoms with Gasteiger partial charge in [0.15, 0.2) is 0 Å². The lowest BCUT2D eigenvalue weighted by molar-refractivity contribution is -0.144. The van der Waals surface area contributed by atoms with Gasteiger partial charge in [0.05, 0.1) is 6.61 Å². The van der Waals surface area contributed by atoms with Crippen molar-refractivity contribution in [3.05, 3.63) is 0 Å². The lowest BCUT2D eigenvalue weighted by Gasteiger charge is -2.32. The minimum atomic E-state index is -1.01. The van der Waals surface area contributed by atoms with Crippen LogP contribution in [0, 0.1) is 5.92 Å². The van der Waals surface area contributed by atoms with Crippen LogP contribution in [0.3, 0.4) is 0 Å². The summed E-state index contributed by atoms with van der Waals surface area (Å²) in [6, 6.07) is -1.47. The first-order valence-electron chi connectivity index (χ1n) is 7.25. The van der Waals surface area contributed by atoms with Crippen molar-refractivity contribution in [1.82, 2.24) is 9.80 Å². The topological polar surface area (TPSA) is 87.2 Å². The second kappa shape index (κ2) is 7.28. The van der Waals surface area contributed by atoms with E-state index in [1.54, 1.807) is 20.8 Å². The number of carbonyl (C=O) groups is 3. The van der Waals surface area contributed by atoms with E-state index in [2.05, 4.69) is 0 Å². The first-order chi connectivity index (χ1) is 9.79. The Labute approximate surface area is 124 Å². The molecule has 7 nitrogen and oxygen atoms in total. The molecule has 1 rings (SSSR count). The Hall–Kier alpha value is -1.79. The molecule has 0 bridgehead atoms. The van der Waals surface area contributed by atoms with E-state index in [-0.39, 0.29) is 25.1 Å². The van der Waals surface area contributed by atoms with Crippen molar-refractivity contribution in [1.29, 1.82) is 0 Å². The zero-order valence-corrected chi connectivity index (χ0v) is 13.0. The first kappa shape index (κ1) is 17.3. The van der Waals surface area contributed by atoms with Gasteiger partial charge >= 0.3 is 18.0 Å². The predicted molar refractivity (Wildman–Crippen MR) is 75.8 cm³/mol. The number of aliphatic carboxylic acids is 1. The number of amides is 2. The number of likely N-dealkylation sites (tertiary alicyclic amines) is 1. The van der Waals surface area contributed by atoms with Crippen molar-refractivity contribution in [2.75, 3.05) is 19.7 Å². The molecule has 1 fully saturated rings. The molecular weight excluding hydrogens is 276 g/mol. The van der Waals surface area contributed by atoms with Crippen molar-refractivity contribution in [3.8, 4) is 0 Å². The Balaban J connectivity index is 2.85. The molecule has 0 saturated carbocycles. The van der Waals surface area contributed by atoms with Crippen molar-refractivity contribution < 1.29 is 24.2 Å². The Morgan fingerprint density at radius 3 is 2.48 bits per heavy atom. The number of ether oxygens (including phenoxy) is 1. The summed E-state index contributed by atoms with van der Waals surface area (Å²) in [7, 11) is 0. The highest BCUT2D eigenvalue weighted by atomic mass is 16.5. The van der Waals surface area contributed by atoms with Crippen LogP contribution >= 0.6 is 0 Å². The summed E-state index contributed by atoms with van der Waals surface area (Å²) in [5, 5.41) is 9.29. The van der Waals surface area contributed by atoms with E-state index in [1.165, 1.54) is 9.80 Å². The third-order valence-corrected chi connectivity index (χ3v) is 3.67. The highest BCUT2D eigenvalue weighted by Crippen LogP contribution is 2.25. The second-order valence-corrected chi connectivity index (χ2v) is 5.55. The van der Waals surface area contributed by atoms with Gasteiger partial charge in [-0.3, -0.25) is 4.79 Å². The smallest absolute Gasteiger partial charge is 0.326 e. The average Bonchev–Trinajstić information content (AvgIpc) is 2.77. The monoisotopic (exact) mass is 300 g/mol. The van der Waals surface area contributed by atoms with Gasteiger partial charge in [-0.05, 0) is 33.1 Å². The Kier molecular flexibility index (Phi) is 5.99. The van der Waals surface area contributed by atoms with Crippen molar-refractivity contribution in [2.45, 2.75) is 46.2 Å². The van der Waals surface area contributed by atoms with Gasteiger partial charge < -0.3 is 19.6 Å². The maximum Gasteiger partial charge on any atom is 0.326 e. The molecular formula is C14H24N2O5. The summed E-state index contributed by atoms with van der Waals surface area (Å²) in [5.41, 5.74) is 0. The molecule has 0 aromatic carbocycles. The number of hydrogen-bond donors (Lipinski definition) is 1. The molecule has 2 unspecified atom stereocenters. The fourth-order valence-electron chi connectivity index (χ4n) is 2.52. The predicted octanol–water partition coefficient (Wildman–Crippen LogP) is 1.17. The molecule has 7 heteroatoms. The van der Waals surface area contributed by atoms with Crippen LogP contribution in [0.2, 0.25) is 0 Å². The van der Waals surface area contributed by atoms with Gasteiger partial charge in [0, 0.05) is 12.6 Å². The van der Waals surface area contributed by atoms with Crippen LogP contribution in [-0.4, -0.2) is 64.7 Å². The van der Waals surface area contributed by atoms with Crippen molar-refractivity contribution >= 4 is 18.0 Å². The SMILES string of the molecule is CCOC(=O)CN(C(=O)N1CCC(C)C1C(=O)O)C(C)C. The Bertz CT molecular complexity index is 410. The number of rotatable bonds is 5. The molecule has 21 heavy (non-hydrogen) atoms. The third-order valence-electron chi connectivity index (χ3n) is 3.67. The Morgan fingerprint density at radius 2 is 2.00 bits per heavy atom. The third kappa shape index (κ3) is 4.09. The molecule has 1 heterocycles. The van der Waals surface area contributed by atoms with E-state index in [0.29, 0.717) is 13.0 Å². The van der Waals surface area contributed by atoms with Gasteiger partial charge in [-0.2, -0.15) is 0 Å². The Morgan fingerprint density at radius 1 is 1.38 bits per heavy atom. The van der Waals surface area contributed by atoms with E-state index in [0.717, 1.165) is 0 Å². The van der Waals surface area contributed by atoms with Crippen LogP contribution < -0.4 is 0 Å². The summed E-state index contributed by atoms with van der Waals surface area (Å²) >= 11 is 0. The molecule has 0 radical (unpaired) electrons. The molecule has 1 saturated heterocycles. The first-order valence-corrected chi connectivity index (χ1v) is 7.25. The summed E-state index contributed by atoms with van der Waals surface area (Å²) in [5.74, 6) is -1.59. The summed E-state index contributed by atoms with van der Waals surface area (Å²) in [6.07, 6.45) is 0.647. The summed E-state index contributed by atoms with van der Waals surface area (Å²) in [6.45, 7) is 7.56. The van der Waals surface area contributed by atoms with Crippen molar-refractivity contribution in [3.63, 3.8) is 0 Å². The zero-order chi connectivity index (χ0) is 16.2. The maximum absolute atomic E-state index is 12.6. The second-order valence-electron chi connectivity index (χ2n) is 5.55. The fourth-order valence-corrected chi connectivity index (χ4v) is 2.52. The standard InChI is InChI=1S/C14H24N2O5/c1-5-21-11(17)8-16(9(2)3)14(20)15-7-6-10(4)12(15)13(18)19/h9-10,12H,5-8H2,1-4H3,(H,18,19). The number of carboxylic acids is 1. The van der Waals surface area contributed by atoms with Gasteiger partial charge in [-0.1, -0.05) is 6.92 Å². The van der Waals surface area contributed by atoms with Gasteiger partial charge in [0.25, 0.3) is 0 Å². The lowest BCUT2D eigenvalue weighted by Crippen LogP contribution is -2.52. The molecule has 0 spiro atoms. The molecule has 2 amide bonds. The summed E-state index contributed by atoms with van der Waals surface area (Å²) < 4.78 is 4.86. The van der Waals surface area contributed by atoms with E-state index in [1.807, 2.05) is 6.92 Å².